The standard InChI is InChI=1S/C8H10BrNOS/c1-10(2)12(11)8-5-3-4-7(9)6-8/h3-6H,1-2H3. The van der Waals surface area contributed by atoms with Crippen LogP contribution in [0.15, 0.2) is 33.6 Å². The summed E-state index contributed by atoms with van der Waals surface area (Å²) in [6.45, 7) is 0. The summed E-state index contributed by atoms with van der Waals surface area (Å²) in [6.07, 6.45) is 0. The van der Waals surface area contributed by atoms with Crippen LogP contribution in [0.3, 0.4) is 0 Å². The Morgan fingerprint density at radius 2 is 2.08 bits per heavy atom. The lowest BCUT2D eigenvalue weighted by Crippen LogP contribution is -2.22. The predicted octanol–water partition coefficient (Wildman–Crippen LogP) is 2.03. The first-order valence-corrected chi connectivity index (χ1v) is 5.36. The van der Waals surface area contributed by atoms with Crippen molar-refractivity contribution >= 4 is 27.3 Å². The van der Waals surface area contributed by atoms with Crippen LogP contribution in [0.25, 0.3) is 0 Å². The zero-order chi connectivity index (χ0) is 9.14. The first kappa shape index (κ1) is 10.1. The molecule has 0 aliphatic rings. The van der Waals surface area contributed by atoms with Gasteiger partial charge in [-0.15, -0.1) is 4.31 Å². The van der Waals surface area contributed by atoms with Gasteiger partial charge in [0.25, 0.3) is 0 Å². The molecule has 0 fully saturated rings. The molecule has 0 amide bonds. The maximum atomic E-state index is 11.5. The van der Waals surface area contributed by atoms with Gasteiger partial charge in [0, 0.05) is 24.6 Å². The highest BCUT2D eigenvalue weighted by Gasteiger charge is 2.13. The molecule has 12 heavy (non-hydrogen) atoms. The fourth-order valence-electron chi connectivity index (χ4n) is 0.786. The van der Waals surface area contributed by atoms with Gasteiger partial charge in [-0.25, -0.2) is 0 Å². The molecule has 0 aromatic heterocycles. The maximum Gasteiger partial charge on any atom is 0.175 e. The van der Waals surface area contributed by atoms with Crippen molar-refractivity contribution in [2.45, 2.75) is 4.90 Å². The van der Waals surface area contributed by atoms with E-state index in [1.165, 1.54) is 0 Å². The Kier molecular flexibility index (Phi) is 3.58. The summed E-state index contributed by atoms with van der Waals surface area (Å²) >= 11 is 2.28. The summed E-state index contributed by atoms with van der Waals surface area (Å²) in [4.78, 5) is 0.814. The van der Waals surface area contributed by atoms with Crippen molar-refractivity contribution in [2.75, 3.05) is 14.1 Å². The molecule has 1 atom stereocenters. The largest absolute Gasteiger partial charge is 0.593 e. The first-order chi connectivity index (χ1) is 5.61. The summed E-state index contributed by atoms with van der Waals surface area (Å²) in [5.41, 5.74) is 0. The smallest absolute Gasteiger partial charge is 0.175 e. The molecule has 0 N–H and O–H groups in total. The van der Waals surface area contributed by atoms with E-state index in [4.69, 9.17) is 0 Å². The molecule has 0 spiro atoms. The fourth-order valence-corrected chi connectivity index (χ4v) is 2.18. The Morgan fingerprint density at radius 1 is 1.42 bits per heavy atom. The average molecular weight is 248 g/mol. The van der Waals surface area contributed by atoms with Crippen molar-refractivity contribution in [3.05, 3.63) is 28.7 Å². The normalized spacial score (nSPS) is 13.4. The van der Waals surface area contributed by atoms with Crippen molar-refractivity contribution in [2.24, 2.45) is 0 Å². The van der Waals surface area contributed by atoms with Crippen LogP contribution in [0.1, 0.15) is 0 Å². The van der Waals surface area contributed by atoms with Crippen molar-refractivity contribution in [3.63, 3.8) is 0 Å². The van der Waals surface area contributed by atoms with Gasteiger partial charge < -0.3 is 4.55 Å². The van der Waals surface area contributed by atoms with Crippen LogP contribution in [0.2, 0.25) is 0 Å². The van der Waals surface area contributed by atoms with Crippen LogP contribution in [0.4, 0.5) is 0 Å². The number of benzene rings is 1. The summed E-state index contributed by atoms with van der Waals surface area (Å²) in [6, 6.07) is 7.49. The van der Waals surface area contributed by atoms with Crippen molar-refractivity contribution in [1.82, 2.24) is 4.31 Å². The highest BCUT2D eigenvalue weighted by atomic mass is 79.9. The van der Waals surface area contributed by atoms with Crippen molar-refractivity contribution < 1.29 is 4.55 Å². The van der Waals surface area contributed by atoms with Crippen LogP contribution in [0, 0.1) is 0 Å². The van der Waals surface area contributed by atoms with E-state index in [9.17, 15) is 4.55 Å². The maximum absolute atomic E-state index is 11.5. The average Bonchev–Trinajstić information content (AvgIpc) is 2.03. The van der Waals surface area contributed by atoms with Crippen LogP contribution < -0.4 is 0 Å². The van der Waals surface area contributed by atoms with Crippen LogP contribution in [0.5, 0.6) is 0 Å². The zero-order valence-electron chi connectivity index (χ0n) is 6.95. The van der Waals surface area contributed by atoms with E-state index in [0.29, 0.717) is 0 Å². The summed E-state index contributed by atoms with van der Waals surface area (Å²) < 4.78 is 14.1. The molecule has 0 saturated heterocycles. The lowest BCUT2D eigenvalue weighted by molar-refractivity contribution is 0.520. The molecule has 0 bridgehead atoms. The van der Waals surface area contributed by atoms with Gasteiger partial charge in [-0.2, -0.15) is 0 Å². The zero-order valence-corrected chi connectivity index (χ0v) is 9.35. The number of nitrogens with zero attached hydrogens (tertiary/aromatic N) is 1. The molecule has 0 aliphatic carbocycles. The molecular weight excluding hydrogens is 238 g/mol. The molecular formula is C8H10BrNOS. The molecule has 2 nitrogen and oxygen atoms in total. The van der Waals surface area contributed by atoms with E-state index in [1.54, 1.807) is 18.4 Å². The number of rotatable bonds is 2. The Morgan fingerprint density at radius 3 is 2.58 bits per heavy atom. The van der Waals surface area contributed by atoms with Gasteiger partial charge in [-0.1, -0.05) is 22.0 Å². The third-order valence-corrected chi connectivity index (χ3v) is 3.14. The molecule has 66 valence electrons. The van der Waals surface area contributed by atoms with Gasteiger partial charge in [0.1, 0.15) is 0 Å². The molecule has 0 heterocycles. The first-order valence-electron chi connectivity index (χ1n) is 3.46. The monoisotopic (exact) mass is 247 g/mol. The Hall–Kier alpha value is -0.0300. The van der Waals surface area contributed by atoms with Gasteiger partial charge in [0.2, 0.25) is 0 Å². The third-order valence-electron chi connectivity index (χ3n) is 1.33. The Labute approximate surface area is 84.0 Å². The van der Waals surface area contributed by atoms with E-state index in [2.05, 4.69) is 15.9 Å². The van der Waals surface area contributed by atoms with Gasteiger partial charge in [0.15, 0.2) is 4.90 Å². The van der Waals surface area contributed by atoms with Crippen LogP contribution >= 0.6 is 15.9 Å². The summed E-state index contributed by atoms with van der Waals surface area (Å²) in [7, 11) is 3.58. The molecule has 1 unspecified atom stereocenters. The fraction of sp³-hybridized carbons (Fsp3) is 0.250. The SMILES string of the molecule is CN(C)[S+]([O-])c1cccc(Br)c1. The summed E-state index contributed by atoms with van der Waals surface area (Å²) in [5, 5.41) is 0. The highest BCUT2D eigenvalue weighted by molar-refractivity contribution is 9.10. The second-order valence-electron chi connectivity index (χ2n) is 2.52. The quantitative estimate of drug-likeness (QED) is 0.748. The van der Waals surface area contributed by atoms with Crippen LogP contribution in [-0.2, 0) is 11.4 Å². The molecule has 1 aromatic rings. The molecule has 4 heteroatoms. The minimum absolute atomic E-state index is 0.814. The van der Waals surface area contributed by atoms with E-state index in [1.807, 2.05) is 24.3 Å². The van der Waals surface area contributed by atoms with E-state index in [-0.39, 0.29) is 0 Å². The minimum atomic E-state index is -1.04. The van der Waals surface area contributed by atoms with Gasteiger partial charge in [-0.3, -0.25) is 0 Å². The number of halogens is 1. The van der Waals surface area contributed by atoms with Gasteiger partial charge in [0.05, 0.1) is 11.4 Å². The van der Waals surface area contributed by atoms with E-state index < -0.39 is 11.4 Å². The number of hydrogen-bond donors (Lipinski definition) is 0. The molecule has 1 aromatic carbocycles. The van der Waals surface area contributed by atoms with Crippen molar-refractivity contribution in [3.8, 4) is 0 Å². The van der Waals surface area contributed by atoms with E-state index >= 15 is 0 Å². The van der Waals surface area contributed by atoms with Crippen molar-refractivity contribution in [1.29, 1.82) is 0 Å². The molecule has 1 rings (SSSR count). The topological polar surface area (TPSA) is 26.3 Å². The molecule has 0 saturated carbocycles. The van der Waals surface area contributed by atoms with E-state index in [0.717, 1.165) is 9.37 Å². The number of hydrogen-bond acceptors (Lipinski definition) is 2. The molecule has 0 aliphatic heterocycles. The summed E-state index contributed by atoms with van der Waals surface area (Å²) in [5.74, 6) is 0. The Balaban J connectivity index is 2.88. The lowest BCUT2D eigenvalue weighted by atomic mass is 10.4. The minimum Gasteiger partial charge on any atom is -0.593 e. The van der Waals surface area contributed by atoms with Gasteiger partial charge in [-0.05, 0) is 12.1 Å². The lowest BCUT2D eigenvalue weighted by Gasteiger charge is -2.14. The highest BCUT2D eigenvalue weighted by Crippen LogP contribution is 2.17. The predicted molar refractivity (Wildman–Crippen MR) is 54.2 cm³/mol. The molecule has 0 radical (unpaired) electrons. The Bertz CT molecular complexity index is 267. The second kappa shape index (κ2) is 4.28. The third kappa shape index (κ3) is 2.48. The van der Waals surface area contributed by atoms with Crippen LogP contribution in [-0.4, -0.2) is 23.0 Å². The van der Waals surface area contributed by atoms with Gasteiger partial charge >= 0.3 is 0 Å². The second-order valence-corrected chi connectivity index (χ2v) is 5.13.